The van der Waals surface area contributed by atoms with Crippen molar-refractivity contribution in [2.45, 2.75) is 49.1 Å². The largest absolute Gasteiger partial charge is 0.497 e. The van der Waals surface area contributed by atoms with Gasteiger partial charge >= 0.3 is 0 Å². The summed E-state index contributed by atoms with van der Waals surface area (Å²) in [5.74, 6) is -1.56. The quantitative estimate of drug-likeness (QED) is 0.611. The van der Waals surface area contributed by atoms with Gasteiger partial charge < -0.3 is 9.64 Å². The molecule has 3 aliphatic heterocycles. The number of fused-ring (bicyclic) bond motifs is 1. The first kappa shape index (κ1) is 24.4. The fraction of sp³-hybridized carbons (Fsp3) is 0.400. The highest BCUT2D eigenvalue weighted by molar-refractivity contribution is 7.89. The monoisotopic (exact) mass is 515 g/mol. The van der Waals surface area contributed by atoms with Crippen molar-refractivity contribution in [2.75, 3.05) is 20.2 Å². The molecule has 0 aliphatic carbocycles. The van der Waals surface area contributed by atoms with Gasteiger partial charge in [-0.2, -0.15) is 4.31 Å². The fourth-order valence-corrected chi connectivity index (χ4v) is 6.84. The van der Waals surface area contributed by atoms with Crippen LogP contribution in [0.25, 0.3) is 0 Å². The lowest BCUT2D eigenvalue weighted by Gasteiger charge is -2.32. The minimum Gasteiger partial charge on any atom is -0.497 e. The molecule has 1 N–H and O–H groups in total. The van der Waals surface area contributed by atoms with Crippen LogP contribution in [-0.2, 0) is 26.2 Å². The highest BCUT2D eigenvalue weighted by atomic mass is 32.2. The third kappa shape index (κ3) is 4.26. The Morgan fingerprint density at radius 3 is 2.50 bits per heavy atom. The zero-order valence-corrected chi connectivity index (χ0v) is 20.5. The second kappa shape index (κ2) is 9.29. The van der Waals surface area contributed by atoms with Crippen molar-refractivity contribution in [3.8, 4) is 5.75 Å². The van der Waals surface area contributed by atoms with E-state index in [1.807, 2.05) is 0 Å². The Bertz CT molecular complexity index is 1350. The number of carbonyl (C=O) groups excluding carboxylic acids is 3. The summed E-state index contributed by atoms with van der Waals surface area (Å²) in [4.78, 5) is 38.5. The van der Waals surface area contributed by atoms with Crippen LogP contribution in [0.15, 0.2) is 41.3 Å². The number of halogens is 1. The maximum atomic E-state index is 14.6. The molecule has 0 saturated carbocycles. The summed E-state index contributed by atoms with van der Waals surface area (Å²) in [6.45, 7) is 0.652. The molecule has 190 valence electrons. The van der Waals surface area contributed by atoms with Gasteiger partial charge in [-0.25, -0.2) is 12.8 Å². The first-order valence-corrected chi connectivity index (χ1v) is 13.2. The molecule has 2 aromatic carbocycles. The maximum absolute atomic E-state index is 14.6. The molecule has 3 amide bonds. The molecule has 1 atom stereocenters. The van der Waals surface area contributed by atoms with E-state index in [-0.39, 0.29) is 54.8 Å². The van der Waals surface area contributed by atoms with Crippen molar-refractivity contribution in [1.82, 2.24) is 14.5 Å². The van der Waals surface area contributed by atoms with Crippen molar-refractivity contribution in [3.63, 3.8) is 0 Å². The average molecular weight is 516 g/mol. The van der Waals surface area contributed by atoms with Crippen LogP contribution >= 0.6 is 0 Å². The smallest absolute Gasteiger partial charge is 0.255 e. The predicted octanol–water partition coefficient (Wildman–Crippen LogP) is 2.16. The third-order valence-corrected chi connectivity index (χ3v) is 9.12. The van der Waals surface area contributed by atoms with E-state index in [1.165, 1.54) is 40.6 Å². The van der Waals surface area contributed by atoms with Crippen LogP contribution in [0.1, 0.15) is 53.1 Å². The van der Waals surface area contributed by atoms with E-state index in [9.17, 15) is 27.2 Å². The summed E-state index contributed by atoms with van der Waals surface area (Å²) in [5.41, 5.74) is 1.56. The lowest BCUT2D eigenvalue weighted by molar-refractivity contribution is -0.136. The van der Waals surface area contributed by atoms with Crippen LogP contribution in [0.4, 0.5) is 4.39 Å². The summed E-state index contributed by atoms with van der Waals surface area (Å²) < 4.78 is 47.5. The highest BCUT2D eigenvalue weighted by Crippen LogP contribution is 2.38. The zero-order valence-electron chi connectivity index (χ0n) is 19.7. The number of hydrogen-bond donors (Lipinski definition) is 1. The number of sulfonamides is 1. The average Bonchev–Trinajstić information content (AvgIpc) is 3.19. The maximum Gasteiger partial charge on any atom is 0.255 e. The van der Waals surface area contributed by atoms with Gasteiger partial charge in [0, 0.05) is 37.7 Å². The van der Waals surface area contributed by atoms with Gasteiger partial charge in [0.05, 0.1) is 12.0 Å². The van der Waals surface area contributed by atoms with Crippen molar-refractivity contribution in [2.24, 2.45) is 0 Å². The Hall–Kier alpha value is -3.31. The molecule has 0 aromatic heterocycles. The van der Waals surface area contributed by atoms with E-state index in [1.54, 1.807) is 12.1 Å². The van der Waals surface area contributed by atoms with Gasteiger partial charge in [0.15, 0.2) is 0 Å². The Labute approximate surface area is 208 Å². The van der Waals surface area contributed by atoms with E-state index >= 15 is 0 Å². The predicted molar refractivity (Wildman–Crippen MR) is 126 cm³/mol. The first-order valence-electron chi connectivity index (χ1n) is 11.8. The van der Waals surface area contributed by atoms with Gasteiger partial charge in [0.1, 0.15) is 17.6 Å². The number of nitrogens with zero attached hydrogens (tertiary/aromatic N) is 2. The van der Waals surface area contributed by atoms with E-state index in [2.05, 4.69) is 5.32 Å². The Balaban J connectivity index is 1.35. The Kier molecular flexibility index (Phi) is 6.29. The number of rotatable bonds is 5. The number of methoxy groups -OCH3 is 1. The van der Waals surface area contributed by atoms with Crippen molar-refractivity contribution in [3.05, 3.63) is 58.9 Å². The summed E-state index contributed by atoms with van der Waals surface area (Å²) in [6, 6.07) is 8.13. The van der Waals surface area contributed by atoms with E-state index < -0.39 is 33.7 Å². The number of piperidine rings is 2. The second-order valence-electron chi connectivity index (χ2n) is 9.28. The van der Waals surface area contributed by atoms with Crippen LogP contribution in [0.2, 0.25) is 0 Å². The highest BCUT2D eigenvalue weighted by Gasteiger charge is 2.41. The molecule has 9 nitrogen and oxygen atoms in total. The van der Waals surface area contributed by atoms with E-state index in [0.717, 1.165) is 0 Å². The van der Waals surface area contributed by atoms with Crippen LogP contribution in [-0.4, -0.2) is 61.6 Å². The molecule has 36 heavy (non-hydrogen) atoms. The molecular formula is C25H26FN3O6S. The van der Waals surface area contributed by atoms with Crippen molar-refractivity contribution in [1.29, 1.82) is 0 Å². The molecule has 11 heteroatoms. The van der Waals surface area contributed by atoms with Crippen molar-refractivity contribution < 1.29 is 31.9 Å². The normalized spacial score (nSPS) is 21.4. The molecule has 5 rings (SSSR count). The summed E-state index contributed by atoms with van der Waals surface area (Å²) in [6.07, 6.45) is 1.29. The lowest BCUT2D eigenvalue weighted by atomic mass is 9.86. The minimum absolute atomic E-state index is 0.137. The fourth-order valence-electron chi connectivity index (χ4n) is 5.34. The summed E-state index contributed by atoms with van der Waals surface area (Å²) in [5, 5.41) is 2.27. The van der Waals surface area contributed by atoms with Gasteiger partial charge in [-0.1, -0.05) is 6.07 Å². The molecule has 2 saturated heterocycles. The number of benzene rings is 2. The van der Waals surface area contributed by atoms with Gasteiger partial charge in [0.2, 0.25) is 21.8 Å². The van der Waals surface area contributed by atoms with Crippen molar-refractivity contribution >= 4 is 27.7 Å². The summed E-state index contributed by atoms with van der Waals surface area (Å²) >= 11 is 0. The molecule has 3 heterocycles. The van der Waals surface area contributed by atoms with Crippen LogP contribution < -0.4 is 10.1 Å². The molecule has 2 aromatic rings. The SMILES string of the molecule is COc1cccc(S(=O)(=O)N2CCC(c3cc(F)cc4c3CN(C3CCC(=O)NC3=O)C4=O)CC2)c1. The van der Waals surface area contributed by atoms with Gasteiger partial charge in [0.25, 0.3) is 5.91 Å². The van der Waals surface area contributed by atoms with Crippen LogP contribution in [0.3, 0.4) is 0 Å². The first-order chi connectivity index (χ1) is 17.2. The molecule has 0 bridgehead atoms. The molecule has 3 aliphatic rings. The molecule has 0 spiro atoms. The molecule has 0 radical (unpaired) electrons. The number of carbonyl (C=O) groups is 3. The number of imide groups is 1. The lowest BCUT2D eigenvalue weighted by Crippen LogP contribution is -2.52. The second-order valence-corrected chi connectivity index (χ2v) is 11.2. The minimum atomic E-state index is -3.72. The van der Waals surface area contributed by atoms with Gasteiger partial charge in [-0.3, -0.25) is 19.7 Å². The van der Waals surface area contributed by atoms with Gasteiger partial charge in [-0.05, 0) is 60.6 Å². The molecule has 2 fully saturated rings. The zero-order chi connectivity index (χ0) is 25.6. The summed E-state index contributed by atoms with van der Waals surface area (Å²) in [7, 11) is -2.24. The van der Waals surface area contributed by atoms with Gasteiger partial charge in [-0.15, -0.1) is 0 Å². The Morgan fingerprint density at radius 2 is 1.81 bits per heavy atom. The third-order valence-electron chi connectivity index (χ3n) is 7.23. The van der Waals surface area contributed by atoms with E-state index in [0.29, 0.717) is 29.7 Å². The number of nitrogens with one attached hydrogen (secondary N) is 1. The topological polar surface area (TPSA) is 113 Å². The number of hydrogen-bond acceptors (Lipinski definition) is 6. The molecule has 1 unspecified atom stereocenters. The molecular weight excluding hydrogens is 489 g/mol. The van der Waals surface area contributed by atoms with Crippen LogP contribution in [0, 0.1) is 5.82 Å². The number of amides is 3. The standard InChI is InChI=1S/C25H26FN3O6S/c1-35-17-3-2-4-18(13-17)36(33,34)28-9-7-15(8-10-28)19-11-16(26)12-20-21(19)14-29(25(20)32)22-5-6-23(30)27-24(22)31/h2-4,11-13,15,22H,5-10,14H2,1H3,(H,27,30,31). The number of ether oxygens (including phenoxy) is 1. The van der Waals surface area contributed by atoms with E-state index in [4.69, 9.17) is 4.74 Å². The Morgan fingerprint density at radius 1 is 1.06 bits per heavy atom. The van der Waals surface area contributed by atoms with Crippen LogP contribution in [0.5, 0.6) is 5.75 Å².